The third kappa shape index (κ3) is 0.487. The van der Waals surface area contributed by atoms with Gasteiger partial charge in [-0.15, -0.1) is 0 Å². The summed E-state index contributed by atoms with van der Waals surface area (Å²) in [6.07, 6.45) is 1.43. The molecule has 3 aliphatic heterocycles. The van der Waals surface area contributed by atoms with Gasteiger partial charge in [-0.2, -0.15) is 0 Å². The minimum absolute atomic E-state index is 0.559. The molecule has 5 unspecified atom stereocenters. The van der Waals surface area contributed by atoms with Crippen LogP contribution < -0.4 is 5.73 Å². The lowest BCUT2D eigenvalue weighted by atomic mass is 9.95. The van der Waals surface area contributed by atoms with Crippen LogP contribution in [0.5, 0.6) is 0 Å². The summed E-state index contributed by atoms with van der Waals surface area (Å²) >= 11 is 0. The van der Waals surface area contributed by atoms with Crippen molar-refractivity contribution in [3.63, 3.8) is 0 Å². The molecule has 0 radical (unpaired) electrons. The molecule has 2 nitrogen and oxygen atoms in total. The first-order chi connectivity index (χ1) is 4.84. The SMILES string of the molecule is NC1C2CC3CN(C2)CC31. The van der Waals surface area contributed by atoms with Crippen molar-refractivity contribution in [1.29, 1.82) is 0 Å². The molecule has 0 aromatic carbocycles. The number of piperidine rings is 2. The van der Waals surface area contributed by atoms with Gasteiger partial charge in [-0.25, -0.2) is 0 Å². The van der Waals surface area contributed by atoms with Gasteiger partial charge in [-0.1, -0.05) is 0 Å². The largest absolute Gasteiger partial charge is 0.327 e. The second-order valence-corrected chi connectivity index (χ2v) is 4.22. The Kier molecular flexibility index (Phi) is 0.868. The molecule has 3 heterocycles. The first kappa shape index (κ1) is 5.56. The van der Waals surface area contributed by atoms with Gasteiger partial charge in [0, 0.05) is 25.7 Å². The molecule has 5 atom stereocenters. The van der Waals surface area contributed by atoms with Gasteiger partial charge in [0.2, 0.25) is 0 Å². The Morgan fingerprint density at radius 3 is 2.60 bits per heavy atom. The maximum absolute atomic E-state index is 6.07. The van der Waals surface area contributed by atoms with Crippen molar-refractivity contribution in [1.82, 2.24) is 4.90 Å². The van der Waals surface area contributed by atoms with Crippen molar-refractivity contribution in [3.8, 4) is 0 Å². The third-order valence-electron chi connectivity index (χ3n) is 3.70. The van der Waals surface area contributed by atoms with Crippen LogP contribution in [0.2, 0.25) is 0 Å². The van der Waals surface area contributed by atoms with Gasteiger partial charge in [-0.05, 0) is 24.2 Å². The standard InChI is InChI=1S/C8H14N2/c9-8-6-1-5-2-10(3-6)4-7(5)8/h5-8H,1-4,9H2. The van der Waals surface area contributed by atoms with E-state index in [1.54, 1.807) is 0 Å². The first-order valence-corrected chi connectivity index (χ1v) is 4.32. The van der Waals surface area contributed by atoms with E-state index in [1.807, 2.05) is 0 Å². The zero-order valence-corrected chi connectivity index (χ0v) is 6.16. The van der Waals surface area contributed by atoms with Gasteiger partial charge >= 0.3 is 0 Å². The Labute approximate surface area is 61.4 Å². The molecule has 2 N–H and O–H groups in total. The van der Waals surface area contributed by atoms with E-state index in [4.69, 9.17) is 5.73 Å². The van der Waals surface area contributed by atoms with Gasteiger partial charge in [0.05, 0.1) is 0 Å². The van der Waals surface area contributed by atoms with Crippen LogP contribution in [0.15, 0.2) is 0 Å². The van der Waals surface area contributed by atoms with Crippen LogP contribution in [-0.4, -0.2) is 30.6 Å². The Morgan fingerprint density at radius 2 is 1.90 bits per heavy atom. The Balaban J connectivity index is 1.99. The fraction of sp³-hybridized carbons (Fsp3) is 1.00. The van der Waals surface area contributed by atoms with E-state index in [0.717, 1.165) is 17.8 Å². The highest BCUT2D eigenvalue weighted by molar-refractivity contribution is 5.05. The molecule has 0 spiro atoms. The van der Waals surface area contributed by atoms with E-state index in [2.05, 4.69) is 4.90 Å². The fourth-order valence-corrected chi connectivity index (χ4v) is 3.25. The first-order valence-electron chi connectivity index (χ1n) is 4.32. The van der Waals surface area contributed by atoms with E-state index >= 15 is 0 Å². The van der Waals surface area contributed by atoms with Crippen molar-refractivity contribution in [2.75, 3.05) is 19.6 Å². The predicted molar refractivity (Wildman–Crippen MR) is 39.5 cm³/mol. The second-order valence-electron chi connectivity index (χ2n) is 4.22. The van der Waals surface area contributed by atoms with Crippen molar-refractivity contribution in [2.24, 2.45) is 23.5 Å². The molecular weight excluding hydrogens is 124 g/mol. The van der Waals surface area contributed by atoms with Gasteiger partial charge < -0.3 is 10.6 Å². The zero-order chi connectivity index (χ0) is 6.72. The van der Waals surface area contributed by atoms with E-state index in [9.17, 15) is 0 Å². The molecule has 10 heavy (non-hydrogen) atoms. The smallest absolute Gasteiger partial charge is 0.0123 e. The summed E-state index contributed by atoms with van der Waals surface area (Å²) in [7, 11) is 0. The van der Waals surface area contributed by atoms with Crippen molar-refractivity contribution < 1.29 is 0 Å². The van der Waals surface area contributed by atoms with Crippen LogP contribution in [0.1, 0.15) is 6.42 Å². The molecule has 56 valence electrons. The lowest BCUT2D eigenvalue weighted by molar-refractivity contribution is 0.179. The van der Waals surface area contributed by atoms with Crippen LogP contribution >= 0.6 is 0 Å². The molecular formula is C8H14N2. The van der Waals surface area contributed by atoms with E-state index in [1.165, 1.54) is 26.1 Å². The highest BCUT2D eigenvalue weighted by Crippen LogP contribution is 2.45. The van der Waals surface area contributed by atoms with Gasteiger partial charge in [-0.3, -0.25) is 0 Å². The summed E-state index contributed by atoms with van der Waals surface area (Å²) in [5.41, 5.74) is 6.07. The molecule has 3 saturated heterocycles. The van der Waals surface area contributed by atoms with Crippen LogP contribution in [0.4, 0.5) is 0 Å². The van der Waals surface area contributed by atoms with Gasteiger partial charge in [0.1, 0.15) is 0 Å². The molecule has 4 fully saturated rings. The molecule has 1 saturated carbocycles. The van der Waals surface area contributed by atoms with Gasteiger partial charge in [0.15, 0.2) is 0 Å². The summed E-state index contributed by atoms with van der Waals surface area (Å²) in [5, 5.41) is 0. The molecule has 4 rings (SSSR count). The molecule has 0 aromatic rings. The summed E-state index contributed by atoms with van der Waals surface area (Å²) in [6, 6.07) is 0.559. The van der Waals surface area contributed by atoms with E-state index < -0.39 is 0 Å². The quantitative estimate of drug-likeness (QED) is 0.506. The monoisotopic (exact) mass is 138 g/mol. The van der Waals surface area contributed by atoms with Crippen LogP contribution in [0.25, 0.3) is 0 Å². The maximum Gasteiger partial charge on any atom is 0.0123 e. The number of hydrogen-bond donors (Lipinski definition) is 1. The summed E-state index contributed by atoms with van der Waals surface area (Å²) in [5.74, 6) is 2.71. The lowest BCUT2D eigenvalue weighted by Crippen LogP contribution is -2.45. The van der Waals surface area contributed by atoms with Crippen LogP contribution in [-0.2, 0) is 0 Å². The summed E-state index contributed by atoms with van der Waals surface area (Å²) < 4.78 is 0. The van der Waals surface area contributed by atoms with Crippen molar-refractivity contribution in [3.05, 3.63) is 0 Å². The molecule has 0 aromatic heterocycles. The molecule has 4 aliphatic rings. The normalized spacial score (nSPS) is 63.9. The average molecular weight is 138 g/mol. The van der Waals surface area contributed by atoms with E-state index in [0.29, 0.717) is 6.04 Å². The Morgan fingerprint density at radius 1 is 1.10 bits per heavy atom. The van der Waals surface area contributed by atoms with Gasteiger partial charge in [0.25, 0.3) is 0 Å². The zero-order valence-electron chi connectivity index (χ0n) is 6.16. The highest BCUT2D eigenvalue weighted by Gasteiger charge is 2.51. The Hall–Kier alpha value is -0.0800. The number of hydrogen-bond acceptors (Lipinski definition) is 2. The molecule has 0 amide bonds. The summed E-state index contributed by atoms with van der Waals surface area (Å²) in [6.45, 7) is 3.96. The fourth-order valence-electron chi connectivity index (χ4n) is 3.25. The van der Waals surface area contributed by atoms with Crippen molar-refractivity contribution >= 4 is 0 Å². The maximum atomic E-state index is 6.07. The number of nitrogens with zero attached hydrogens (tertiary/aromatic N) is 1. The number of nitrogens with two attached hydrogens (primary N) is 1. The predicted octanol–water partition coefficient (Wildman–Crippen LogP) is -0.105. The molecule has 2 heteroatoms. The van der Waals surface area contributed by atoms with E-state index in [-0.39, 0.29) is 0 Å². The van der Waals surface area contributed by atoms with Crippen molar-refractivity contribution in [2.45, 2.75) is 12.5 Å². The topological polar surface area (TPSA) is 29.3 Å². The lowest BCUT2D eigenvalue weighted by Gasteiger charge is -2.32. The number of rotatable bonds is 0. The molecule has 4 bridgehead atoms. The van der Waals surface area contributed by atoms with Crippen LogP contribution in [0, 0.1) is 17.8 Å². The molecule has 1 aliphatic carbocycles. The Bertz CT molecular complexity index is 163. The third-order valence-corrected chi connectivity index (χ3v) is 3.70. The van der Waals surface area contributed by atoms with Crippen LogP contribution in [0.3, 0.4) is 0 Å². The minimum atomic E-state index is 0.559. The summed E-state index contributed by atoms with van der Waals surface area (Å²) in [4.78, 5) is 2.59. The second kappa shape index (κ2) is 1.56. The highest BCUT2D eigenvalue weighted by atomic mass is 15.2. The minimum Gasteiger partial charge on any atom is -0.327 e. The average Bonchev–Trinajstić information content (AvgIpc) is 2.31.